The Morgan fingerprint density at radius 2 is 1.46 bits per heavy atom. The molecule has 0 spiro atoms. The number of ether oxygens (including phenoxy) is 3. The summed E-state index contributed by atoms with van der Waals surface area (Å²) in [7, 11) is 1.34. The lowest BCUT2D eigenvalue weighted by molar-refractivity contribution is -0.136. The van der Waals surface area contributed by atoms with E-state index in [0.29, 0.717) is 52.4 Å². The van der Waals surface area contributed by atoms with Crippen LogP contribution in [-0.4, -0.2) is 18.1 Å². The molecule has 0 fully saturated rings. The first kappa shape index (κ1) is 30.4. The molecular weight excluding hydrogens is 591 g/mol. The van der Waals surface area contributed by atoms with E-state index in [2.05, 4.69) is 4.98 Å². The molecule has 6 rings (SSSR count). The normalized spacial score (nSPS) is 11.3. The molecule has 0 unspecified atom stereocenters. The Balaban J connectivity index is 1.25. The van der Waals surface area contributed by atoms with Crippen molar-refractivity contribution in [3.63, 3.8) is 0 Å². The second-order valence-corrected chi connectivity index (χ2v) is 10.6. The number of fused-ring (bicyclic) bond motifs is 1. The number of carbonyl (C=O) groups is 1. The molecule has 0 aliphatic carbocycles. The van der Waals surface area contributed by atoms with E-state index in [4.69, 9.17) is 14.2 Å². The van der Waals surface area contributed by atoms with Crippen molar-refractivity contribution in [2.45, 2.75) is 19.2 Å². The van der Waals surface area contributed by atoms with Gasteiger partial charge in [-0.2, -0.15) is 13.2 Å². The quantitative estimate of drug-likeness (QED) is 0.151. The van der Waals surface area contributed by atoms with Gasteiger partial charge in [-0.3, -0.25) is 4.98 Å². The van der Waals surface area contributed by atoms with Gasteiger partial charge in [-0.25, -0.2) is 4.79 Å². The van der Waals surface area contributed by atoms with E-state index in [0.717, 1.165) is 22.8 Å². The number of nitrogens with zero attached hydrogens (tertiary/aromatic N) is 1. The van der Waals surface area contributed by atoms with Gasteiger partial charge in [0.2, 0.25) is 0 Å². The van der Waals surface area contributed by atoms with E-state index in [1.54, 1.807) is 66.9 Å². The van der Waals surface area contributed by atoms with Gasteiger partial charge in [0.25, 0.3) is 0 Å². The van der Waals surface area contributed by atoms with Crippen LogP contribution < -0.4 is 9.47 Å². The first-order chi connectivity index (χ1) is 22.3. The zero-order valence-corrected chi connectivity index (χ0v) is 24.8. The minimum absolute atomic E-state index is 0.0943. The van der Waals surface area contributed by atoms with Crippen molar-refractivity contribution < 1.29 is 32.2 Å². The van der Waals surface area contributed by atoms with Gasteiger partial charge in [-0.15, -0.1) is 0 Å². The third-order valence-corrected chi connectivity index (χ3v) is 7.48. The maximum atomic E-state index is 13.9. The SMILES string of the molecule is COC(=O)c1ccc(COc2ccc(Oc3cccc(-c4c(Cc5ccccc5)cnc5c(C(F)(F)F)cccc45)c3)cc2)cc1. The third kappa shape index (κ3) is 6.86. The van der Waals surface area contributed by atoms with Crippen LogP contribution in [0.3, 0.4) is 0 Å². The van der Waals surface area contributed by atoms with Crippen LogP contribution in [0.5, 0.6) is 17.2 Å². The van der Waals surface area contributed by atoms with E-state index in [1.807, 2.05) is 48.5 Å². The predicted octanol–water partition coefficient (Wildman–Crippen LogP) is 9.67. The van der Waals surface area contributed by atoms with Crippen LogP contribution in [0.25, 0.3) is 22.0 Å². The molecule has 0 saturated heterocycles. The number of esters is 1. The fourth-order valence-electron chi connectivity index (χ4n) is 5.26. The number of hydrogen-bond acceptors (Lipinski definition) is 5. The smallest absolute Gasteiger partial charge is 0.418 e. The topological polar surface area (TPSA) is 57.7 Å². The van der Waals surface area contributed by atoms with Crippen molar-refractivity contribution in [1.29, 1.82) is 0 Å². The Morgan fingerprint density at radius 3 is 2.17 bits per heavy atom. The van der Waals surface area contributed by atoms with Crippen molar-refractivity contribution in [2.24, 2.45) is 0 Å². The van der Waals surface area contributed by atoms with Crippen LogP contribution in [0, 0.1) is 0 Å². The summed E-state index contributed by atoms with van der Waals surface area (Å²) in [5.41, 5.74) is 3.70. The molecule has 0 atom stereocenters. The van der Waals surface area contributed by atoms with Crippen LogP contribution in [0.4, 0.5) is 13.2 Å². The fraction of sp³-hybridized carbons (Fsp3) is 0.105. The number of aromatic nitrogens is 1. The van der Waals surface area contributed by atoms with Crippen molar-refractivity contribution in [1.82, 2.24) is 4.98 Å². The number of pyridine rings is 1. The number of halogens is 3. The molecule has 0 bridgehead atoms. The Morgan fingerprint density at radius 1 is 0.739 bits per heavy atom. The van der Waals surface area contributed by atoms with E-state index in [-0.39, 0.29) is 5.52 Å². The van der Waals surface area contributed by atoms with Gasteiger partial charge in [0, 0.05) is 11.6 Å². The lowest BCUT2D eigenvalue weighted by Crippen LogP contribution is -2.07. The molecule has 6 aromatic rings. The van der Waals surface area contributed by atoms with Gasteiger partial charge >= 0.3 is 12.1 Å². The Kier molecular flexibility index (Phi) is 8.70. The summed E-state index contributed by atoms with van der Waals surface area (Å²) in [4.78, 5) is 15.9. The highest BCUT2D eigenvalue weighted by atomic mass is 19.4. The van der Waals surface area contributed by atoms with Crippen molar-refractivity contribution in [2.75, 3.05) is 7.11 Å². The van der Waals surface area contributed by atoms with E-state index in [9.17, 15) is 18.0 Å². The molecule has 0 N–H and O–H groups in total. The largest absolute Gasteiger partial charge is 0.489 e. The minimum Gasteiger partial charge on any atom is -0.489 e. The molecule has 8 heteroatoms. The molecule has 0 aliphatic heterocycles. The maximum absolute atomic E-state index is 13.9. The highest BCUT2D eigenvalue weighted by Crippen LogP contribution is 2.40. The molecule has 5 nitrogen and oxygen atoms in total. The van der Waals surface area contributed by atoms with Crippen LogP contribution in [0.1, 0.15) is 32.6 Å². The third-order valence-electron chi connectivity index (χ3n) is 7.48. The summed E-state index contributed by atoms with van der Waals surface area (Å²) in [5.74, 6) is 1.33. The summed E-state index contributed by atoms with van der Waals surface area (Å²) >= 11 is 0. The van der Waals surface area contributed by atoms with Gasteiger partial charge < -0.3 is 14.2 Å². The zero-order chi connectivity index (χ0) is 32.1. The van der Waals surface area contributed by atoms with Crippen LogP contribution in [-0.2, 0) is 23.9 Å². The molecule has 0 saturated carbocycles. The molecule has 1 aromatic heterocycles. The van der Waals surface area contributed by atoms with Crippen molar-refractivity contribution >= 4 is 16.9 Å². The second kappa shape index (κ2) is 13.2. The maximum Gasteiger partial charge on any atom is 0.418 e. The number of benzene rings is 5. The minimum atomic E-state index is -4.54. The molecule has 46 heavy (non-hydrogen) atoms. The molecular formula is C38H28F3NO4. The van der Waals surface area contributed by atoms with Crippen LogP contribution in [0.15, 0.2) is 128 Å². The number of alkyl halides is 3. The van der Waals surface area contributed by atoms with Gasteiger partial charge in [0.15, 0.2) is 0 Å². The Labute approximate surface area is 263 Å². The highest BCUT2D eigenvalue weighted by molar-refractivity contribution is 5.98. The number of rotatable bonds is 9. The van der Waals surface area contributed by atoms with E-state index in [1.165, 1.54) is 13.2 Å². The van der Waals surface area contributed by atoms with Gasteiger partial charge in [-0.05, 0) is 88.8 Å². The zero-order valence-electron chi connectivity index (χ0n) is 24.8. The summed E-state index contributed by atoms with van der Waals surface area (Å²) in [5, 5.41) is 0.418. The summed E-state index contributed by atoms with van der Waals surface area (Å²) in [6, 6.07) is 35.3. The highest BCUT2D eigenvalue weighted by Gasteiger charge is 2.33. The average Bonchev–Trinajstić information content (AvgIpc) is 3.07. The van der Waals surface area contributed by atoms with E-state index < -0.39 is 17.7 Å². The van der Waals surface area contributed by atoms with Crippen LogP contribution in [0.2, 0.25) is 0 Å². The van der Waals surface area contributed by atoms with Crippen LogP contribution >= 0.6 is 0 Å². The molecule has 1 heterocycles. The summed E-state index contributed by atoms with van der Waals surface area (Å²) in [6.45, 7) is 0.310. The second-order valence-electron chi connectivity index (χ2n) is 10.6. The number of hydrogen-bond donors (Lipinski definition) is 0. The van der Waals surface area contributed by atoms with E-state index >= 15 is 0 Å². The lowest BCUT2D eigenvalue weighted by Gasteiger charge is -2.17. The van der Waals surface area contributed by atoms with Crippen molar-refractivity contribution in [3.05, 3.63) is 155 Å². The lowest BCUT2D eigenvalue weighted by atomic mass is 9.92. The summed E-state index contributed by atoms with van der Waals surface area (Å²) in [6.07, 6.45) is -2.50. The Hall–Kier alpha value is -5.63. The first-order valence-corrected chi connectivity index (χ1v) is 14.5. The van der Waals surface area contributed by atoms with Crippen molar-refractivity contribution in [3.8, 4) is 28.4 Å². The summed E-state index contributed by atoms with van der Waals surface area (Å²) < 4.78 is 58.6. The Bertz CT molecular complexity index is 1970. The number of carbonyl (C=O) groups excluding carboxylic acids is 1. The molecule has 230 valence electrons. The van der Waals surface area contributed by atoms with Gasteiger partial charge in [-0.1, -0.05) is 66.7 Å². The standard InChI is InChI=1S/C38H28F3NO4/c1-44-37(43)27-15-13-26(14-16-27)24-45-30-17-19-31(20-18-30)46-32-10-5-9-28(22-32)35-29(21-25-7-3-2-4-8-25)23-42-36-33(35)11-6-12-34(36)38(39,40)41/h2-20,22-23H,21,24H2,1H3. The first-order valence-electron chi connectivity index (χ1n) is 14.5. The fourth-order valence-corrected chi connectivity index (χ4v) is 5.26. The van der Waals surface area contributed by atoms with Gasteiger partial charge in [0.1, 0.15) is 23.9 Å². The number of para-hydroxylation sites is 1. The predicted molar refractivity (Wildman–Crippen MR) is 170 cm³/mol. The molecule has 0 aliphatic rings. The average molecular weight is 620 g/mol. The van der Waals surface area contributed by atoms with Gasteiger partial charge in [0.05, 0.1) is 23.8 Å². The molecule has 0 radical (unpaired) electrons. The number of methoxy groups -OCH3 is 1. The monoisotopic (exact) mass is 619 g/mol. The molecule has 0 amide bonds. The molecule has 5 aromatic carbocycles.